The van der Waals surface area contributed by atoms with E-state index >= 15 is 0 Å². The van der Waals surface area contributed by atoms with E-state index in [9.17, 15) is 4.79 Å². The molecule has 28 heavy (non-hydrogen) atoms. The van der Waals surface area contributed by atoms with Crippen LogP contribution in [-0.4, -0.2) is 12.6 Å². The molecule has 1 aliphatic carbocycles. The van der Waals surface area contributed by atoms with Gasteiger partial charge in [-0.3, -0.25) is 0 Å². The Kier molecular flexibility index (Phi) is 5.81. The van der Waals surface area contributed by atoms with E-state index in [1.54, 1.807) is 6.07 Å². The quantitative estimate of drug-likeness (QED) is 0.712. The van der Waals surface area contributed by atoms with Crippen LogP contribution in [0.2, 0.25) is 0 Å². The number of rotatable bonds is 6. The molecule has 2 aliphatic rings. The largest absolute Gasteiger partial charge is 0.457 e. The highest BCUT2D eigenvalue weighted by Gasteiger charge is 2.17. The molecule has 1 fully saturated rings. The van der Waals surface area contributed by atoms with E-state index in [0.29, 0.717) is 5.75 Å². The molecular weight excluding hydrogens is 352 g/mol. The summed E-state index contributed by atoms with van der Waals surface area (Å²) in [5.74, 6) is 3.08. The summed E-state index contributed by atoms with van der Waals surface area (Å²) < 4.78 is 11.1. The standard InChI is InChI=1S/C23H28N2O3/c24-23(26)27-20-8-10-22-19(14-20)7-6-18-13-17(5-9-21(18)28-22)15-25-12-11-16-3-1-2-4-16/h5,8-10,13-14,16,25H,1-4,6-7,11-12,15H2,(H2,24,26). The zero-order chi connectivity index (χ0) is 19.3. The SMILES string of the molecule is NC(=O)Oc1ccc2c(c1)CCc1cc(CNCCC3CCCC3)ccc1O2. The van der Waals surface area contributed by atoms with Crippen molar-refractivity contribution in [2.24, 2.45) is 11.7 Å². The highest BCUT2D eigenvalue weighted by molar-refractivity contribution is 5.68. The number of nitrogens with one attached hydrogen (secondary N) is 1. The molecule has 0 unspecified atom stereocenters. The molecule has 4 rings (SSSR count). The lowest BCUT2D eigenvalue weighted by Gasteiger charge is -2.12. The summed E-state index contributed by atoms with van der Waals surface area (Å²) in [5.41, 5.74) is 8.62. The van der Waals surface area contributed by atoms with Gasteiger partial charge in [0, 0.05) is 6.54 Å². The number of amides is 1. The Morgan fingerprint density at radius 1 is 1.07 bits per heavy atom. The van der Waals surface area contributed by atoms with Crippen LogP contribution in [0.1, 0.15) is 48.8 Å². The molecule has 0 spiro atoms. The lowest BCUT2D eigenvalue weighted by Crippen LogP contribution is -2.17. The Labute approximate surface area is 166 Å². The maximum Gasteiger partial charge on any atom is 0.409 e. The van der Waals surface area contributed by atoms with Gasteiger partial charge in [0.25, 0.3) is 0 Å². The Hall–Kier alpha value is -2.53. The molecule has 1 amide bonds. The monoisotopic (exact) mass is 380 g/mol. The number of carbonyl (C=O) groups excluding carboxylic acids is 1. The Morgan fingerprint density at radius 3 is 2.54 bits per heavy atom. The van der Waals surface area contributed by atoms with Gasteiger partial charge < -0.3 is 20.5 Å². The first-order chi connectivity index (χ1) is 13.7. The van der Waals surface area contributed by atoms with E-state index in [1.165, 1.54) is 43.2 Å². The normalized spacial score (nSPS) is 16.0. The number of ether oxygens (including phenoxy) is 2. The molecule has 3 N–H and O–H groups in total. The minimum atomic E-state index is -0.803. The van der Waals surface area contributed by atoms with Crippen LogP contribution < -0.4 is 20.5 Å². The number of primary amides is 1. The summed E-state index contributed by atoms with van der Waals surface area (Å²) in [5, 5.41) is 3.59. The summed E-state index contributed by atoms with van der Waals surface area (Å²) in [6.07, 6.45) is 7.84. The van der Waals surface area contributed by atoms with Crippen LogP contribution in [-0.2, 0) is 19.4 Å². The van der Waals surface area contributed by atoms with Crippen LogP contribution in [0.5, 0.6) is 17.2 Å². The van der Waals surface area contributed by atoms with Gasteiger partial charge in [-0.15, -0.1) is 0 Å². The molecule has 2 aromatic rings. The van der Waals surface area contributed by atoms with Crippen LogP contribution in [0.15, 0.2) is 36.4 Å². The van der Waals surface area contributed by atoms with Crippen molar-refractivity contribution in [1.29, 1.82) is 0 Å². The zero-order valence-electron chi connectivity index (χ0n) is 16.2. The Bertz CT molecular complexity index is 844. The van der Waals surface area contributed by atoms with Gasteiger partial charge in [-0.25, -0.2) is 4.79 Å². The van der Waals surface area contributed by atoms with Crippen LogP contribution in [0.3, 0.4) is 0 Å². The second-order valence-corrected chi connectivity index (χ2v) is 7.85. The van der Waals surface area contributed by atoms with Crippen molar-refractivity contribution >= 4 is 6.09 Å². The lowest BCUT2D eigenvalue weighted by molar-refractivity contribution is 0.211. The molecule has 148 valence electrons. The molecule has 0 bridgehead atoms. The average Bonchev–Trinajstić information content (AvgIpc) is 3.13. The smallest absolute Gasteiger partial charge is 0.409 e. The van der Waals surface area contributed by atoms with Crippen molar-refractivity contribution in [2.45, 2.75) is 51.5 Å². The van der Waals surface area contributed by atoms with Gasteiger partial charge in [-0.05, 0) is 72.7 Å². The summed E-state index contributed by atoms with van der Waals surface area (Å²) in [6, 6.07) is 11.8. The molecule has 0 saturated heterocycles. The summed E-state index contributed by atoms with van der Waals surface area (Å²) >= 11 is 0. The summed E-state index contributed by atoms with van der Waals surface area (Å²) in [6.45, 7) is 1.98. The number of aryl methyl sites for hydroxylation is 2. The highest BCUT2D eigenvalue weighted by Crippen LogP contribution is 2.36. The van der Waals surface area contributed by atoms with Crippen LogP contribution >= 0.6 is 0 Å². The van der Waals surface area contributed by atoms with Crippen molar-refractivity contribution < 1.29 is 14.3 Å². The van der Waals surface area contributed by atoms with Gasteiger partial charge in [0.2, 0.25) is 0 Å². The van der Waals surface area contributed by atoms with Gasteiger partial charge >= 0.3 is 6.09 Å². The third-order valence-corrected chi connectivity index (χ3v) is 5.79. The van der Waals surface area contributed by atoms with E-state index in [2.05, 4.69) is 23.5 Å². The van der Waals surface area contributed by atoms with Crippen molar-refractivity contribution in [1.82, 2.24) is 5.32 Å². The van der Waals surface area contributed by atoms with E-state index in [1.807, 2.05) is 12.1 Å². The maximum atomic E-state index is 11.0. The second-order valence-electron chi connectivity index (χ2n) is 7.85. The number of hydrogen-bond acceptors (Lipinski definition) is 4. The van der Waals surface area contributed by atoms with E-state index < -0.39 is 6.09 Å². The third-order valence-electron chi connectivity index (χ3n) is 5.79. The fourth-order valence-corrected chi connectivity index (χ4v) is 4.29. The third kappa shape index (κ3) is 4.65. The zero-order valence-corrected chi connectivity index (χ0v) is 16.2. The Balaban J connectivity index is 1.37. The second kappa shape index (κ2) is 8.65. The fourth-order valence-electron chi connectivity index (χ4n) is 4.29. The number of carbonyl (C=O) groups is 1. The van der Waals surface area contributed by atoms with Gasteiger partial charge in [0.1, 0.15) is 17.2 Å². The van der Waals surface area contributed by atoms with Crippen LogP contribution in [0, 0.1) is 5.92 Å². The molecule has 2 aromatic carbocycles. The fraction of sp³-hybridized carbons (Fsp3) is 0.435. The molecule has 5 heteroatoms. The molecule has 1 aliphatic heterocycles. The van der Waals surface area contributed by atoms with E-state index in [0.717, 1.165) is 48.9 Å². The highest BCUT2D eigenvalue weighted by atomic mass is 16.5. The molecule has 1 saturated carbocycles. The minimum Gasteiger partial charge on any atom is -0.457 e. The lowest BCUT2D eigenvalue weighted by atomic mass is 10.0. The molecule has 0 aromatic heterocycles. The van der Waals surface area contributed by atoms with E-state index in [4.69, 9.17) is 15.2 Å². The molecular formula is C23H28N2O3. The first-order valence-electron chi connectivity index (χ1n) is 10.3. The van der Waals surface area contributed by atoms with Gasteiger partial charge in [0.05, 0.1) is 0 Å². The van der Waals surface area contributed by atoms with Crippen LogP contribution in [0.25, 0.3) is 0 Å². The predicted octanol–water partition coefficient (Wildman–Crippen LogP) is 4.70. The first kappa shape index (κ1) is 18.8. The van der Waals surface area contributed by atoms with Crippen molar-refractivity contribution in [3.05, 3.63) is 53.1 Å². The first-order valence-corrected chi connectivity index (χ1v) is 10.3. The van der Waals surface area contributed by atoms with Crippen molar-refractivity contribution in [3.63, 3.8) is 0 Å². The summed E-state index contributed by atoms with van der Waals surface area (Å²) in [4.78, 5) is 11.0. The minimum absolute atomic E-state index is 0.452. The maximum absolute atomic E-state index is 11.0. The Morgan fingerprint density at radius 2 is 1.79 bits per heavy atom. The molecule has 0 radical (unpaired) electrons. The number of nitrogens with two attached hydrogens (primary N) is 1. The number of fused-ring (bicyclic) bond motifs is 2. The van der Waals surface area contributed by atoms with Gasteiger partial charge in [0.15, 0.2) is 0 Å². The van der Waals surface area contributed by atoms with Crippen molar-refractivity contribution in [3.8, 4) is 17.2 Å². The average molecular weight is 380 g/mol. The van der Waals surface area contributed by atoms with Gasteiger partial charge in [-0.2, -0.15) is 0 Å². The number of benzene rings is 2. The van der Waals surface area contributed by atoms with Gasteiger partial charge in [-0.1, -0.05) is 37.8 Å². The topological polar surface area (TPSA) is 73.6 Å². The summed E-state index contributed by atoms with van der Waals surface area (Å²) in [7, 11) is 0. The molecule has 0 atom stereocenters. The van der Waals surface area contributed by atoms with Crippen LogP contribution in [0.4, 0.5) is 4.79 Å². The predicted molar refractivity (Wildman–Crippen MR) is 109 cm³/mol. The molecule has 5 nitrogen and oxygen atoms in total. The number of hydrogen-bond donors (Lipinski definition) is 2. The molecule has 1 heterocycles. The van der Waals surface area contributed by atoms with Crippen molar-refractivity contribution in [2.75, 3.05) is 6.54 Å². The van der Waals surface area contributed by atoms with E-state index in [-0.39, 0.29) is 0 Å².